The number of aliphatic carboxylic acids is 1. The number of aliphatic hydroxyl groups is 20. The smallest absolute Gasteiger partial charge is 0.364 e. The monoisotopic (exact) mass is 1400 g/mol. The molecule has 0 unspecified atom stereocenters. The highest BCUT2D eigenvalue weighted by molar-refractivity contribution is 5.77. The lowest BCUT2D eigenvalue weighted by Crippen LogP contribution is -2.70. The predicted molar refractivity (Wildman–Crippen MR) is 295 cm³/mol. The summed E-state index contributed by atoms with van der Waals surface area (Å²) in [6.07, 6.45) is -63.1. The summed E-state index contributed by atoms with van der Waals surface area (Å²) in [6.45, 7) is -3.37. The fraction of sp³-hybridized carbons (Fsp3) is 0.906. The third-order valence-corrected chi connectivity index (χ3v) is 17.1. The second-order valence-corrected chi connectivity index (χ2v) is 24.0. The maximum atomic E-state index is 12.8. The van der Waals surface area contributed by atoms with Gasteiger partial charge in [-0.1, -0.05) is 0 Å². The second kappa shape index (κ2) is 34.1. The molecule has 43 nitrogen and oxygen atoms in total. The highest BCUT2D eigenvalue weighted by atomic mass is 16.8. The molecule has 0 aromatic rings. The Morgan fingerprint density at radius 1 is 0.427 bits per heavy atom. The SMILES string of the molecule is CC(=O)N[C@@H]1[C@@H](O[C@@H]2O[C@H](CO)[C@H](O)[C@H](O)[C@H]2O)[C@@H](O)[C@@H](CO[C@@H]2O[C@H](CO)[C@@H](O[C@@H]3O[C@H](CO)[C@H](O)[C@H](O[C@@H]4O[C@H](CO)[C@@H](O[C@@H]5O[C@H](CO[C@]6(C(=O)O)C[C@H](O)[C@@H](NC(C)=O)[C@H]([C@H](O)[C@H](O)CO)O6)[C@H](O)[C@H](O)[C@H]5O)[C@H](O)[C@H]4NC(C)=O)[C@H]3O)[C@H](O)[C@H]2NC(C)=O)O[C@H]1O. The van der Waals surface area contributed by atoms with Gasteiger partial charge in [0, 0.05) is 34.1 Å². The van der Waals surface area contributed by atoms with Gasteiger partial charge in [0.25, 0.3) is 5.79 Å². The van der Waals surface area contributed by atoms with E-state index in [2.05, 4.69) is 21.3 Å². The molecule has 43 heteroatoms. The molecule has 7 heterocycles. The van der Waals surface area contributed by atoms with Gasteiger partial charge in [-0.3, -0.25) is 19.2 Å². The van der Waals surface area contributed by atoms with Crippen molar-refractivity contribution >= 4 is 29.6 Å². The summed E-state index contributed by atoms with van der Waals surface area (Å²) in [5, 5.41) is 237. The largest absolute Gasteiger partial charge is 0.477 e. The summed E-state index contributed by atoms with van der Waals surface area (Å²) in [4.78, 5) is 62.5. The van der Waals surface area contributed by atoms with Gasteiger partial charge in [-0.2, -0.15) is 0 Å². The van der Waals surface area contributed by atoms with Crippen molar-refractivity contribution in [3.63, 3.8) is 0 Å². The van der Waals surface area contributed by atoms with Gasteiger partial charge >= 0.3 is 5.97 Å². The molecular formula is C53H88N4O39. The molecule has 36 atom stereocenters. The summed E-state index contributed by atoms with van der Waals surface area (Å²) in [5.74, 6) is -8.39. The molecule has 0 radical (unpaired) electrons. The number of hydrogen-bond acceptors (Lipinski definition) is 38. The van der Waals surface area contributed by atoms with Gasteiger partial charge in [0.2, 0.25) is 23.6 Å². The van der Waals surface area contributed by atoms with Crippen LogP contribution in [0.15, 0.2) is 0 Å². The summed E-state index contributed by atoms with van der Waals surface area (Å²) in [5.41, 5.74) is 0. The number of amides is 4. The molecule has 7 aliphatic rings. The van der Waals surface area contributed by atoms with Crippen LogP contribution in [0.3, 0.4) is 0 Å². The number of carboxylic acid groups (broad SMARTS) is 1. The first-order chi connectivity index (χ1) is 45.2. The van der Waals surface area contributed by atoms with E-state index < -0.39 is 303 Å². The lowest BCUT2D eigenvalue weighted by Gasteiger charge is -2.50. The number of carbonyl (C=O) groups excluding carboxylic acids is 4. The Labute approximate surface area is 543 Å². The molecule has 0 aromatic heterocycles. The Kier molecular flexibility index (Phi) is 28.2. The third kappa shape index (κ3) is 17.7. The number of nitrogens with one attached hydrogen (secondary N) is 4. The van der Waals surface area contributed by atoms with Crippen molar-refractivity contribution in [2.24, 2.45) is 0 Å². The zero-order chi connectivity index (χ0) is 71.3. The van der Waals surface area contributed by atoms with Crippen LogP contribution >= 0.6 is 0 Å². The molecule has 0 saturated carbocycles. The van der Waals surface area contributed by atoms with Crippen molar-refractivity contribution in [3.05, 3.63) is 0 Å². The van der Waals surface area contributed by atoms with Crippen LogP contribution in [0.2, 0.25) is 0 Å². The fourth-order valence-corrected chi connectivity index (χ4v) is 12.1. The zero-order valence-corrected chi connectivity index (χ0v) is 51.6. The average Bonchev–Trinajstić information content (AvgIpc) is 0.780. The molecule has 96 heavy (non-hydrogen) atoms. The Bertz CT molecular complexity index is 2540. The molecule has 0 aromatic carbocycles. The quantitative estimate of drug-likeness (QED) is 0.0382. The lowest BCUT2D eigenvalue weighted by atomic mass is 9.88. The molecule has 0 aliphatic carbocycles. The van der Waals surface area contributed by atoms with Crippen molar-refractivity contribution in [3.8, 4) is 0 Å². The van der Waals surface area contributed by atoms with Crippen LogP contribution in [0.5, 0.6) is 0 Å². The summed E-state index contributed by atoms with van der Waals surface area (Å²) >= 11 is 0. The van der Waals surface area contributed by atoms with Crippen LogP contribution in [0, 0.1) is 0 Å². The van der Waals surface area contributed by atoms with Gasteiger partial charge in [-0.15, -0.1) is 0 Å². The lowest BCUT2D eigenvalue weighted by molar-refractivity contribution is -0.380. The molecule has 7 fully saturated rings. The van der Waals surface area contributed by atoms with Crippen molar-refractivity contribution in [1.29, 1.82) is 0 Å². The topological polar surface area (TPSA) is 678 Å². The highest BCUT2D eigenvalue weighted by Gasteiger charge is 2.60. The standard InChI is InChI=1S/C53H88N4O39/c1-13(63)54-25-17(67)5-53(52(82)83,96-44(25)29(69)18(68)6-58)85-12-24-31(71)37(77)39(79)50(91-24)92-42-22(10-62)90-48(27(35(42)75)56-15(3)65)95-45-32(72)20(8-60)88-51(40(45)80)93-41-21(9-61)89-47(26(34(41)74)55-14(2)64)84-11-23-33(73)43(28(46(81)86-23)57-16(4)66)94-49-38(78)36(76)30(70)19(7-59)87-49/h17-51,58-62,67-81H,5-12H2,1-4H3,(H,54,63)(H,55,64)(H,56,65)(H,57,66)(H,82,83)/t17-,18+,19+,20+,21+,22+,23+,24+,25+,26+,27+,28+,29+,30-,31-,32-,33-,34+,35+,36-,37-,38+,39+,40+,41+,42+,43+,44+,45-,46+,47+,48-,49-,50-,51-,53+/m0/s1. The first-order valence-electron chi connectivity index (χ1n) is 30.2. The van der Waals surface area contributed by atoms with E-state index in [1.807, 2.05) is 0 Å². The van der Waals surface area contributed by atoms with Crippen LogP contribution in [-0.4, -0.2) is 403 Å². The van der Waals surface area contributed by atoms with E-state index in [4.69, 9.17) is 61.6 Å². The summed E-state index contributed by atoms with van der Waals surface area (Å²) in [7, 11) is 0. The number of carboxylic acids is 1. The van der Waals surface area contributed by atoms with Crippen LogP contribution in [-0.2, 0) is 85.6 Å². The van der Waals surface area contributed by atoms with E-state index in [0.29, 0.717) is 0 Å². The van der Waals surface area contributed by atoms with Gasteiger partial charge in [0.1, 0.15) is 165 Å². The minimum Gasteiger partial charge on any atom is -0.477 e. The van der Waals surface area contributed by atoms with Gasteiger partial charge < -0.3 is 190 Å². The number of aliphatic hydroxyl groups excluding tert-OH is 20. The first kappa shape index (κ1) is 79.4. The maximum absolute atomic E-state index is 12.8. The van der Waals surface area contributed by atoms with Crippen molar-refractivity contribution in [2.45, 2.75) is 254 Å². The Morgan fingerprint density at radius 3 is 1.31 bits per heavy atom. The Morgan fingerprint density at radius 2 is 0.823 bits per heavy atom. The van der Waals surface area contributed by atoms with Gasteiger partial charge in [0.05, 0.1) is 58.4 Å². The molecule has 25 N–H and O–H groups in total. The minimum absolute atomic E-state index is 0.786. The highest BCUT2D eigenvalue weighted by Crippen LogP contribution is 2.39. The second-order valence-electron chi connectivity index (χ2n) is 24.0. The molecular weight excluding hydrogens is 1320 g/mol. The fourth-order valence-electron chi connectivity index (χ4n) is 12.1. The van der Waals surface area contributed by atoms with Crippen LogP contribution < -0.4 is 21.3 Å². The van der Waals surface area contributed by atoms with Crippen molar-refractivity contribution < 1.29 is 193 Å². The minimum atomic E-state index is -3.02. The molecule has 7 aliphatic heterocycles. The van der Waals surface area contributed by atoms with E-state index in [0.717, 1.165) is 27.7 Å². The third-order valence-electron chi connectivity index (χ3n) is 17.1. The van der Waals surface area contributed by atoms with Crippen molar-refractivity contribution in [2.75, 3.05) is 46.2 Å². The molecule has 554 valence electrons. The summed E-state index contributed by atoms with van der Waals surface area (Å²) < 4.78 is 74.7. The van der Waals surface area contributed by atoms with Gasteiger partial charge in [-0.05, 0) is 0 Å². The molecule has 0 spiro atoms. The van der Waals surface area contributed by atoms with E-state index in [-0.39, 0.29) is 0 Å². The number of carbonyl (C=O) groups is 5. The van der Waals surface area contributed by atoms with Crippen molar-refractivity contribution in [1.82, 2.24) is 21.3 Å². The van der Waals surface area contributed by atoms with Gasteiger partial charge in [-0.25, -0.2) is 4.79 Å². The normalized spacial score (nSPS) is 46.0. The van der Waals surface area contributed by atoms with Crippen LogP contribution in [0.1, 0.15) is 34.1 Å². The first-order valence-corrected chi connectivity index (χ1v) is 30.2. The number of hydrogen-bond donors (Lipinski definition) is 25. The molecule has 0 bridgehead atoms. The molecule has 7 saturated heterocycles. The molecule has 7 rings (SSSR count). The maximum Gasteiger partial charge on any atom is 0.364 e. The number of rotatable bonds is 26. The van der Waals surface area contributed by atoms with E-state index in [1.165, 1.54) is 0 Å². The van der Waals surface area contributed by atoms with Crippen LogP contribution in [0.25, 0.3) is 0 Å². The van der Waals surface area contributed by atoms with Gasteiger partial charge in [0.15, 0.2) is 37.7 Å². The van der Waals surface area contributed by atoms with Crippen LogP contribution in [0.4, 0.5) is 0 Å². The van der Waals surface area contributed by atoms with E-state index in [9.17, 15) is 131 Å². The summed E-state index contributed by atoms with van der Waals surface area (Å²) in [6, 6.07) is -6.91. The predicted octanol–water partition coefficient (Wildman–Crippen LogP) is -16.5. The zero-order valence-electron chi connectivity index (χ0n) is 51.6. The Hall–Kier alpha value is -3.97. The van der Waals surface area contributed by atoms with E-state index in [1.54, 1.807) is 0 Å². The average molecular weight is 1410 g/mol. The molecule has 4 amide bonds. The number of ether oxygens (including phenoxy) is 13. The Balaban J connectivity index is 1.05. The van der Waals surface area contributed by atoms with E-state index >= 15 is 0 Å².